The van der Waals surface area contributed by atoms with Gasteiger partial charge in [-0.05, 0) is 11.6 Å². The van der Waals surface area contributed by atoms with E-state index < -0.39 is 63.7 Å². The average Bonchev–Trinajstić information content (AvgIpc) is 3.26. The van der Waals surface area contributed by atoms with Crippen molar-refractivity contribution < 1.29 is 32.1 Å². The Balaban J connectivity index is 1.81. The standard InChI is InChI=1S/C23H24N6O7S/c24-17(10-14-11-26-18-9-5-4-8-16(14)18)22(32)29(15-6-2-1-3-7-15,20(30)12-27-23(25)33)19-13-28(21(19)31)37(34,35)36/h1-9,11,17,19,26H,10,12-13,24H2,(H3-,25,27,33,34,35,36)/p+1/t17-,19?,29?/m0/s1. The number of para-hydroxylation sites is 2. The summed E-state index contributed by atoms with van der Waals surface area (Å²) in [6.07, 6.45) is 1.66. The lowest BCUT2D eigenvalue weighted by Gasteiger charge is -2.46. The van der Waals surface area contributed by atoms with Gasteiger partial charge in [-0.25, -0.2) is 18.7 Å². The van der Waals surface area contributed by atoms with Gasteiger partial charge in [0.05, 0.1) is 0 Å². The molecule has 2 aromatic carbocycles. The molecule has 1 saturated heterocycles. The van der Waals surface area contributed by atoms with Crippen LogP contribution in [0.15, 0.2) is 60.8 Å². The second-order valence-corrected chi connectivity index (χ2v) is 9.88. The van der Waals surface area contributed by atoms with Gasteiger partial charge in [-0.3, -0.25) is 9.35 Å². The Morgan fingerprint density at radius 1 is 1.14 bits per heavy atom. The molecule has 3 aromatic rings. The van der Waals surface area contributed by atoms with Crippen LogP contribution in [0.3, 0.4) is 0 Å². The summed E-state index contributed by atoms with van der Waals surface area (Å²) in [5.74, 6) is -3.04. The van der Waals surface area contributed by atoms with Crippen molar-refractivity contribution in [2.24, 2.45) is 11.5 Å². The summed E-state index contributed by atoms with van der Waals surface area (Å²) in [5, 5.41) is 2.93. The van der Waals surface area contributed by atoms with Gasteiger partial charge in [-0.15, -0.1) is 0 Å². The molecule has 0 bridgehead atoms. The van der Waals surface area contributed by atoms with Crippen molar-refractivity contribution in [2.75, 3.05) is 13.1 Å². The number of carbonyl (C=O) groups is 4. The Kier molecular flexibility index (Phi) is 6.84. The van der Waals surface area contributed by atoms with Gasteiger partial charge in [0.2, 0.25) is 6.04 Å². The van der Waals surface area contributed by atoms with Crippen LogP contribution in [0.5, 0.6) is 0 Å². The number of β-lactam (4-membered cyclic amide) rings is 1. The van der Waals surface area contributed by atoms with E-state index in [0.29, 0.717) is 5.56 Å². The number of quaternary nitrogens is 1. The largest absolute Gasteiger partial charge is 0.362 e. The van der Waals surface area contributed by atoms with Crippen molar-refractivity contribution in [1.29, 1.82) is 0 Å². The van der Waals surface area contributed by atoms with E-state index in [9.17, 15) is 32.1 Å². The summed E-state index contributed by atoms with van der Waals surface area (Å²) in [7, 11) is -4.93. The fourth-order valence-corrected chi connectivity index (χ4v) is 5.29. The molecule has 1 fully saturated rings. The molecule has 0 saturated carbocycles. The molecule has 1 aromatic heterocycles. The van der Waals surface area contributed by atoms with Crippen LogP contribution in [0.1, 0.15) is 5.56 Å². The predicted molar refractivity (Wildman–Crippen MR) is 133 cm³/mol. The molecule has 1 aliphatic rings. The lowest BCUT2D eigenvalue weighted by molar-refractivity contribution is -0.159. The maximum atomic E-state index is 14.1. The molecule has 37 heavy (non-hydrogen) atoms. The van der Waals surface area contributed by atoms with E-state index in [2.05, 4.69) is 10.3 Å². The van der Waals surface area contributed by atoms with E-state index >= 15 is 0 Å². The van der Waals surface area contributed by atoms with Gasteiger partial charge in [0.1, 0.15) is 24.8 Å². The topological polar surface area (TPSA) is 206 Å². The molecule has 1 aliphatic heterocycles. The molecule has 194 valence electrons. The van der Waals surface area contributed by atoms with E-state index in [1.165, 1.54) is 24.3 Å². The van der Waals surface area contributed by atoms with Crippen LogP contribution in [0, 0.1) is 0 Å². The summed E-state index contributed by atoms with van der Waals surface area (Å²) in [4.78, 5) is 55.3. The van der Waals surface area contributed by atoms with Crippen molar-refractivity contribution >= 4 is 50.6 Å². The average molecular weight is 530 g/mol. The van der Waals surface area contributed by atoms with Crippen LogP contribution in [-0.2, 0) is 31.1 Å². The third-order valence-corrected chi connectivity index (χ3v) is 7.25. The second-order valence-electron chi connectivity index (χ2n) is 8.54. The highest BCUT2D eigenvalue weighted by atomic mass is 32.2. The predicted octanol–water partition coefficient (Wildman–Crippen LogP) is -0.220. The number of nitrogens with two attached hydrogens (primary N) is 2. The Morgan fingerprint density at radius 2 is 1.78 bits per heavy atom. The number of aromatic amines is 1. The molecule has 0 radical (unpaired) electrons. The van der Waals surface area contributed by atoms with Crippen molar-refractivity contribution in [1.82, 2.24) is 19.1 Å². The number of benzene rings is 2. The van der Waals surface area contributed by atoms with E-state index in [4.69, 9.17) is 11.5 Å². The first-order valence-electron chi connectivity index (χ1n) is 11.1. The number of hydrogen-bond donors (Lipinski definition) is 5. The molecular weight excluding hydrogens is 504 g/mol. The number of imide groups is 1. The van der Waals surface area contributed by atoms with Crippen molar-refractivity contribution in [3.63, 3.8) is 0 Å². The number of H-pyrrole nitrogens is 1. The minimum atomic E-state index is -4.93. The zero-order valence-corrected chi connectivity index (χ0v) is 20.2. The first kappa shape index (κ1) is 26.0. The fourth-order valence-electron chi connectivity index (χ4n) is 4.61. The van der Waals surface area contributed by atoms with Crippen molar-refractivity contribution in [2.45, 2.75) is 18.5 Å². The lowest BCUT2D eigenvalue weighted by Crippen LogP contribution is -2.80. The summed E-state index contributed by atoms with van der Waals surface area (Å²) in [6, 6.07) is 10.9. The zero-order chi connectivity index (χ0) is 27.0. The number of fused-ring (bicyclic) bond motifs is 1. The van der Waals surface area contributed by atoms with E-state index in [0.717, 1.165) is 10.9 Å². The quantitative estimate of drug-likeness (QED) is 0.149. The number of primary amides is 1. The molecule has 2 heterocycles. The minimum Gasteiger partial charge on any atom is -0.361 e. The van der Waals surface area contributed by atoms with Crippen molar-refractivity contribution in [3.8, 4) is 0 Å². The number of carbonyl (C=O) groups excluding carboxylic acids is 4. The molecule has 7 N–H and O–H groups in total. The number of rotatable bonds is 8. The molecule has 14 heteroatoms. The number of hydrogen-bond acceptors (Lipinski definition) is 7. The van der Waals surface area contributed by atoms with Gasteiger partial charge in [0.25, 0.3) is 5.91 Å². The van der Waals surface area contributed by atoms with Gasteiger partial charge in [0, 0.05) is 35.7 Å². The summed E-state index contributed by atoms with van der Waals surface area (Å²) in [6.45, 7) is -1.41. The maximum absolute atomic E-state index is 14.1. The van der Waals surface area contributed by atoms with Gasteiger partial charge in [-0.2, -0.15) is 12.9 Å². The Labute approximate surface area is 211 Å². The summed E-state index contributed by atoms with van der Waals surface area (Å²) >= 11 is 0. The summed E-state index contributed by atoms with van der Waals surface area (Å²) < 4.78 is 31.5. The number of amides is 5. The van der Waals surface area contributed by atoms with Gasteiger partial charge in [0.15, 0.2) is 0 Å². The maximum Gasteiger partial charge on any atom is 0.362 e. The number of urea groups is 1. The lowest BCUT2D eigenvalue weighted by atomic mass is 9.97. The first-order valence-corrected chi connectivity index (χ1v) is 12.5. The first-order chi connectivity index (χ1) is 17.5. The molecule has 3 atom stereocenters. The van der Waals surface area contributed by atoms with Gasteiger partial charge in [-0.1, -0.05) is 36.4 Å². The molecule has 0 aliphatic carbocycles. The van der Waals surface area contributed by atoms with Crippen LogP contribution < -0.4 is 21.3 Å². The van der Waals surface area contributed by atoms with Crippen LogP contribution in [0.4, 0.5) is 10.5 Å². The molecule has 5 amide bonds. The third-order valence-electron chi connectivity index (χ3n) is 6.37. The molecule has 13 nitrogen and oxygen atoms in total. The SMILES string of the molecule is NC(=O)NCC(=O)[N+](C(=O)[C@@H](N)Cc1c[nH]c2ccccc12)(c1ccccc1)C1CN(S(=O)(=O)O)C1=O. The number of nitrogens with one attached hydrogen (secondary N) is 2. The highest BCUT2D eigenvalue weighted by Crippen LogP contribution is 2.35. The van der Waals surface area contributed by atoms with Crippen LogP contribution in [-0.4, -0.2) is 71.2 Å². The Hall–Kier alpha value is -4.11. The zero-order valence-electron chi connectivity index (χ0n) is 19.4. The normalized spacial score (nSPS) is 18.1. The Bertz CT molecular complexity index is 1490. The fraction of sp³-hybridized carbons (Fsp3) is 0.217. The van der Waals surface area contributed by atoms with Crippen LogP contribution in [0.25, 0.3) is 10.9 Å². The molecular formula is C23H25N6O7S+. The third kappa shape index (κ3) is 4.58. The van der Waals surface area contributed by atoms with Crippen molar-refractivity contribution in [3.05, 3.63) is 66.4 Å². The second kappa shape index (κ2) is 9.74. The number of nitrogens with zero attached hydrogens (tertiary/aromatic N) is 2. The van der Waals surface area contributed by atoms with E-state index in [1.807, 2.05) is 24.3 Å². The minimum absolute atomic E-state index is 0.0187. The van der Waals surface area contributed by atoms with E-state index in [1.54, 1.807) is 12.3 Å². The van der Waals surface area contributed by atoms with Crippen LogP contribution >= 0.6 is 0 Å². The van der Waals surface area contributed by atoms with Gasteiger partial charge < -0.3 is 21.8 Å². The summed E-state index contributed by atoms with van der Waals surface area (Å²) in [5.41, 5.74) is 13.0. The van der Waals surface area contributed by atoms with E-state index in [-0.39, 0.29) is 16.4 Å². The van der Waals surface area contributed by atoms with Crippen LogP contribution in [0.2, 0.25) is 0 Å². The Morgan fingerprint density at radius 3 is 2.41 bits per heavy atom. The van der Waals surface area contributed by atoms with Gasteiger partial charge >= 0.3 is 28.1 Å². The highest BCUT2D eigenvalue weighted by molar-refractivity contribution is 7.84. The smallest absolute Gasteiger partial charge is 0.361 e. The number of aromatic nitrogens is 1. The molecule has 4 rings (SSSR count). The molecule has 2 unspecified atom stereocenters. The molecule has 0 spiro atoms. The highest BCUT2D eigenvalue weighted by Gasteiger charge is 2.64. The monoisotopic (exact) mass is 529 g/mol.